The molecule has 0 aromatic heterocycles. The molecular formula is C10H14O. The standard InChI is InChI=1S/C10H14O/c1-8(2)10(3)7-5-4-6-9(10)11/h4,6H,1,5,7H2,2-3H3. The van der Waals surface area contributed by atoms with Gasteiger partial charge in [-0.1, -0.05) is 18.2 Å². The largest absolute Gasteiger partial charge is 0.294 e. The zero-order chi connectivity index (χ0) is 8.48. The van der Waals surface area contributed by atoms with Crippen LogP contribution in [0.15, 0.2) is 24.3 Å². The van der Waals surface area contributed by atoms with Crippen molar-refractivity contribution in [3.63, 3.8) is 0 Å². The Labute approximate surface area is 67.8 Å². The summed E-state index contributed by atoms with van der Waals surface area (Å²) in [6.45, 7) is 7.75. The van der Waals surface area contributed by atoms with Crippen LogP contribution in [0, 0.1) is 5.41 Å². The third-order valence-corrected chi connectivity index (χ3v) is 2.57. The van der Waals surface area contributed by atoms with E-state index in [1.807, 2.05) is 19.9 Å². The average molecular weight is 150 g/mol. The fourth-order valence-corrected chi connectivity index (χ4v) is 1.29. The molecule has 11 heavy (non-hydrogen) atoms. The van der Waals surface area contributed by atoms with Gasteiger partial charge in [-0.3, -0.25) is 4.79 Å². The van der Waals surface area contributed by atoms with E-state index in [0.29, 0.717) is 0 Å². The summed E-state index contributed by atoms with van der Waals surface area (Å²) in [4.78, 5) is 11.4. The third kappa shape index (κ3) is 1.28. The molecule has 0 fully saturated rings. The van der Waals surface area contributed by atoms with E-state index >= 15 is 0 Å². The van der Waals surface area contributed by atoms with Crippen molar-refractivity contribution >= 4 is 5.78 Å². The van der Waals surface area contributed by atoms with Crippen LogP contribution in [-0.2, 0) is 4.79 Å². The van der Waals surface area contributed by atoms with Gasteiger partial charge in [0, 0.05) is 0 Å². The maximum absolute atomic E-state index is 11.4. The minimum absolute atomic E-state index is 0.205. The first-order valence-electron chi connectivity index (χ1n) is 3.94. The minimum atomic E-state index is -0.283. The molecule has 0 aliphatic heterocycles. The first-order valence-corrected chi connectivity index (χ1v) is 3.94. The molecule has 0 aromatic carbocycles. The Morgan fingerprint density at radius 3 is 2.73 bits per heavy atom. The third-order valence-electron chi connectivity index (χ3n) is 2.57. The van der Waals surface area contributed by atoms with Crippen molar-refractivity contribution < 1.29 is 4.79 Å². The van der Waals surface area contributed by atoms with Crippen LogP contribution in [0.5, 0.6) is 0 Å². The predicted molar refractivity (Wildman–Crippen MR) is 46.3 cm³/mol. The molecule has 1 atom stereocenters. The molecule has 1 unspecified atom stereocenters. The van der Waals surface area contributed by atoms with E-state index in [2.05, 4.69) is 6.58 Å². The van der Waals surface area contributed by atoms with Crippen molar-refractivity contribution in [1.29, 1.82) is 0 Å². The molecule has 60 valence electrons. The molecule has 1 aliphatic carbocycles. The van der Waals surface area contributed by atoms with Crippen molar-refractivity contribution in [3.05, 3.63) is 24.3 Å². The van der Waals surface area contributed by atoms with Gasteiger partial charge in [-0.15, -0.1) is 0 Å². The van der Waals surface area contributed by atoms with Crippen LogP contribution in [0.1, 0.15) is 26.7 Å². The second-order valence-corrected chi connectivity index (χ2v) is 3.42. The lowest BCUT2D eigenvalue weighted by Crippen LogP contribution is -2.29. The summed E-state index contributed by atoms with van der Waals surface area (Å²) in [5.74, 6) is 0.205. The average Bonchev–Trinajstić information content (AvgIpc) is 1.95. The molecule has 0 saturated heterocycles. The molecule has 0 aromatic rings. The van der Waals surface area contributed by atoms with Gasteiger partial charge in [0.05, 0.1) is 5.41 Å². The first-order chi connectivity index (χ1) is 5.07. The van der Waals surface area contributed by atoms with E-state index in [4.69, 9.17) is 0 Å². The van der Waals surface area contributed by atoms with Crippen LogP contribution in [0.2, 0.25) is 0 Å². The zero-order valence-electron chi connectivity index (χ0n) is 7.18. The lowest BCUT2D eigenvalue weighted by Gasteiger charge is -2.29. The molecular weight excluding hydrogens is 136 g/mol. The van der Waals surface area contributed by atoms with E-state index in [9.17, 15) is 4.79 Å². The molecule has 0 N–H and O–H groups in total. The quantitative estimate of drug-likeness (QED) is 0.525. The molecule has 0 radical (unpaired) electrons. The second-order valence-electron chi connectivity index (χ2n) is 3.42. The molecule has 1 nitrogen and oxygen atoms in total. The van der Waals surface area contributed by atoms with E-state index in [1.54, 1.807) is 6.08 Å². The topological polar surface area (TPSA) is 17.1 Å². The van der Waals surface area contributed by atoms with Crippen molar-refractivity contribution in [2.45, 2.75) is 26.7 Å². The highest BCUT2D eigenvalue weighted by atomic mass is 16.1. The van der Waals surface area contributed by atoms with Crippen LogP contribution < -0.4 is 0 Å². The van der Waals surface area contributed by atoms with E-state index in [0.717, 1.165) is 18.4 Å². The smallest absolute Gasteiger partial charge is 0.165 e. The van der Waals surface area contributed by atoms with Crippen molar-refractivity contribution in [3.8, 4) is 0 Å². The first kappa shape index (κ1) is 8.25. The van der Waals surface area contributed by atoms with E-state index < -0.39 is 0 Å². The highest BCUT2D eigenvalue weighted by Crippen LogP contribution is 2.35. The van der Waals surface area contributed by atoms with Crippen molar-refractivity contribution in [2.24, 2.45) is 5.41 Å². The Morgan fingerprint density at radius 1 is 1.73 bits per heavy atom. The number of hydrogen-bond donors (Lipinski definition) is 0. The Hall–Kier alpha value is -0.850. The summed E-state index contributed by atoms with van der Waals surface area (Å²) in [6, 6.07) is 0. The Kier molecular flexibility index (Phi) is 1.99. The Bertz CT molecular complexity index is 225. The van der Waals surface area contributed by atoms with Crippen LogP contribution >= 0.6 is 0 Å². The molecule has 1 heteroatoms. The van der Waals surface area contributed by atoms with Gasteiger partial charge in [0.15, 0.2) is 5.78 Å². The second kappa shape index (κ2) is 2.65. The summed E-state index contributed by atoms with van der Waals surface area (Å²) >= 11 is 0. The fourth-order valence-electron chi connectivity index (χ4n) is 1.29. The van der Waals surface area contributed by atoms with Gasteiger partial charge < -0.3 is 0 Å². The summed E-state index contributed by atoms with van der Waals surface area (Å²) in [5, 5.41) is 0. The number of carbonyl (C=O) groups excluding carboxylic acids is 1. The van der Waals surface area contributed by atoms with Gasteiger partial charge in [-0.25, -0.2) is 0 Å². The monoisotopic (exact) mass is 150 g/mol. The maximum atomic E-state index is 11.4. The number of hydrogen-bond acceptors (Lipinski definition) is 1. The van der Waals surface area contributed by atoms with Gasteiger partial charge in [-0.05, 0) is 32.8 Å². The molecule has 0 saturated carbocycles. The number of rotatable bonds is 1. The number of ketones is 1. The summed E-state index contributed by atoms with van der Waals surface area (Å²) < 4.78 is 0. The summed E-state index contributed by atoms with van der Waals surface area (Å²) in [5.41, 5.74) is 0.696. The summed E-state index contributed by atoms with van der Waals surface area (Å²) in [7, 11) is 0. The van der Waals surface area contributed by atoms with Crippen LogP contribution in [0.3, 0.4) is 0 Å². The Balaban J connectivity index is 2.94. The molecule has 0 amide bonds. The van der Waals surface area contributed by atoms with Gasteiger partial charge in [0.2, 0.25) is 0 Å². The number of carbonyl (C=O) groups is 1. The molecule has 0 spiro atoms. The van der Waals surface area contributed by atoms with Crippen molar-refractivity contribution in [1.82, 2.24) is 0 Å². The summed E-state index contributed by atoms with van der Waals surface area (Å²) in [6.07, 6.45) is 5.53. The highest BCUT2D eigenvalue weighted by Gasteiger charge is 2.32. The van der Waals surface area contributed by atoms with E-state index in [-0.39, 0.29) is 11.2 Å². The zero-order valence-corrected chi connectivity index (χ0v) is 7.18. The maximum Gasteiger partial charge on any atom is 0.165 e. The molecule has 0 heterocycles. The normalized spacial score (nSPS) is 30.5. The molecule has 1 aliphatic rings. The van der Waals surface area contributed by atoms with Crippen LogP contribution in [0.4, 0.5) is 0 Å². The van der Waals surface area contributed by atoms with Crippen LogP contribution in [0.25, 0.3) is 0 Å². The lowest BCUT2D eigenvalue weighted by atomic mass is 9.73. The number of allylic oxidation sites excluding steroid dienone is 3. The van der Waals surface area contributed by atoms with E-state index in [1.165, 1.54) is 0 Å². The highest BCUT2D eigenvalue weighted by molar-refractivity contribution is 5.97. The lowest BCUT2D eigenvalue weighted by molar-refractivity contribution is -0.121. The Morgan fingerprint density at radius 2 is 2.36 bits per heavy atom. The van der Waals surface area contributed by atoms with Gasteiger partial charge in [0.25, 0.3) is 0 Å². The predicted octanol–water partition coefficient (Wildman–Crippen LogP) is 2.49. The molecule has 1 rings (SSSR count). The fraction of sp³-hybridized carbons (Fsp3) is 0.500. The SMILES string of the molecule is C=C(C)C1(C)CCC=CC1=O. The van der Waals surface area contributed by atoms with Gasteiger partial charge in [-0.2, -0.15) is 0 Å². The van der Waals surface area contributed by atoms with Gasteiger partial charge >= 0.3 is 0 Å². The molecule has 0 bridgehead atoms. The van der Waals surface area contributed by atoms with Crippen LogP contribution in [-0.4, -0.2) is 5.78 Å². The van der Waals surface area contributed by atoms with Crippen molar-refractivity contribution in [2.75, 3.05) is 0 Å². The minimum Gasteiger partial charge on any atom is -0.294 e. The van der Waals surface area contributed by atoms with Gasteiger partial charge in [0.1, 0.15) is 0 Å².